The number of fused-ring (bicyclic) bond motifs is 1. The fourth-order valence-electron chi connectivity index (χ4n) is 2.25. The van der Waals surface area contributed by atoms with Crippen molar-refractivity contribution in [2.75, 3.05) is 5.88 Å². The summed E-state index contributed by atoms with van der Waals surface area (Å²) in [6.07, 6.45) is 5.00. The van der Waals surface area contributed by atoms with E-state index in [4.69, 9.17) is 11.6 Å². The second-order valence-electron chi connectivity index (χ2n) is 4.35. The number of pyridine rings is 1. The van der Waals surface area contributed by atoms with Crippen molar-refractivity contribution in [1.29, 1.82) is 0 Å². The van der Waals surface area contributed by atoms with Crippen LogP contribution in [0.3, 0.4) is 0 Å². The molecule has 1 aromatic carbocycles. The van der Waals surface area contributed by atoms with Crippen LogP contribution in [0.4, 0.5) is 0 Å². The zero-order valence-corrected chi connectivity index (χ0v) is 12.0. The molecular formula is C15H11BrClN. The molecule has 0 fully saturated rings. The molecule has 3 rings (SSSR count). The van der Waals surface area contributed by atoms with Crippen molar-refractivity contribution in [2.45, 2.75) is 6.42 Å². The molecule has 1 nitrogen and oxygen atoms in total. The number of allylic oxidation sites excluding steroid dienone is 1. The Labute approximate surface area is 120 Å². The lowest BCUT2D eigenvalue weighted by atomic mass is 10.0. The largest absolute Gasteiger partial charge is 0.256 e. The van der Waals surface area contributed by atoms with Gasteiger partial charge in [-0.3, -0.25) is 4.98 Å². The highest BCUT2D eigenvalue weighted by molar-refractivity contribution is 9.10. The SMILES string of the molecule is ClCC1=Cc2c(ccnc2-c2ccc(Br)cc2)C1. The highest BCUT2D eigenvalue weighted by Gasteiger charge is 2.16. The summed E-state index contributed by atoms with van der Waals surface area (Å²) in [5, 5.41) is 0. The Morgan fingerprint density at radius 1 is 1.17 bits per heavy atom. The van der Waals surface area contributed by atoms with Crippen LogP contribution in [0.2, 0.25) is 0 Å². The Kier molecular flexibility index (Phi) is 3.23. The number of halogens is 2. The molecule has 0 aliphatic heterocycles. The minimum atomic E-state index is 0.592. The molecule has 0 bridgehead atoms. The Hall–Kier alpha value is -1.12. The summed E-state index contributed by atoms with van der Waals surface area (Å²) in [6.45, 7) is 0. The van der Waals surface area contributed by atoms with E-state index in [0.717, 1.165) is 22.2 Å². The summed E-state index contributed by atoms with van der Waals surface area (Å²) in [7, 11) is 0. The molecule has 0 saturated carbocycles. The van der Waals surface area contributed by atoms with Gasteiger partial charge in [-0.1, -0.05) is 39.7 Å². The maximum atomic E-state index is 5.92. The Balaban J connectivity index is 2.12. The molecule has 0 atom stereocenters. The summed E-state index contributed by atoms with van der Waals surface area (Å²) in [5.41, 5.74) is 5.98. The van der Waals surface area contributed by atoms with Gasteiger partial charge >= 0.3 is 0 Å². The molecule has 0 radical (unpaired) electrons. The van der Waals surface area contributed by atoms with Crippen molar-refractivity contribution in [1.82, 2.24) is 4.98 Å². The smallest absolute Gasteiger partial charge is 0.0777 e. The first-order valence-electron chi connectivity index (χ1n) is 5.77. The molecule has 1 aromatic heterocycles. The van der Waals surface area contributed by atoms with Crippen molar-refractivity contribution in [2.24, 2.45) is 0 Å². The van der Waals surface area contributed by atoms with Gasteiger partial charge in [0, 0.05) is 27.7 Å². The van der Waals surface area contributed by atoms with Crippen LogP contribution in [0, 0.1) is 0 Å². The maximum absolute atomic E-state index is 5.92. The van der Waals surface area contributed by atoms with Crippen LogP contribution in [-0.4, -0.2) is 10.9 Å². The first-order valence-corrected chi connectivity index (χ1v) is 7.10. The minimum Gasteiger partial charge on any atom is -0.256 e. The quantitative estimate of drug-likeness (QED) is 0.732. The average Bonchev–Trinajstić information content (AvgIpc) is 2.82. The third kappa shape index (κ3) is 2.11. The lowest BCUT2D eigenvalue weighted by molar-refractivity contribution is 1.18. The van der Waals surface area contributed by atoms with Gasteiger partial charge in [0.05, 0.1) is 5.69 Å². The van der Waals surface area contributed by atoms with Crippen LogP contribution >= 0.6 is 27.5 Å². The Morgan fingerprint density at radius 2 is 1.94 bits per heavy atom. The van der Waals surface area contributed by atoms with Gasteiger partial charge in [-0.25, -0.2) is 0 Å². The second-order valence-corrected chi connectivity index (χ2v) is 5.54. The van der Waals surface area contributed by atoms with E-state index >= 15 is 0 Å². The van der Waals surface area contributed by atoms with E-state index < -0.39 is 0 Å². The van der Waals surface area contributed by atoms with Crippen molar-refractivity contribution >= 4 is 33.6 Å². The van der Waals surface area contributed by atoms with Crippen LogP contribution in [0.25, 0.3) is 17.3 Å². The molecule has 1 aliphatic rings. The first kappa shape index (κ1) is 11.9. The molecule has 0 unspecified atom stereocenters. The molecule has 2 aromatic rings. The molecular weight excluding hydrogens is 310 g/mol. The van der Waals surface area contributed by atoms with Gasteiger partial charge in [-0.2, -0.15) is 0 Å². The van der Waals surface area contributed by atoms with Gasteiger partial charge in [-0.15, -0.1) is 11.6 Å². The van der Waals surface area contributed by atoms with E-state index in [0.29, 0.717) is 5.88 Å². The molecule has 3 heteroatoms. The fraction of sp³-hybridized carbons (Fsp3) is 0.133. The third-order valence-corrected chi connectivity index (χ3v) is 4.01. The summed E-state index contributed by atoms with van der Waals surface area (Å²) in [4.78, 5) is 4.52. The number of nitrogens with zero attached hydrogens (tertiary/aromatic N) is 1. The highest BCUT2D eigenvalue weighted by atomic mass is 79.9. The molecule has 1 heterocycles. The maximum Gasteiger partial charge on any atom is 0.0777 e. The van der Waals surface area contributed by atoms with E-state index in [1.54, 1.807) is 0 Å². The van der Waals surface area contributed by atoms with Crippen molar-refractivity contribution < 1.29 is 0 Å². The second kappa shape index (κ2) is 4.87. The van der Waals surface area contributed by atoms with Gasteiger partial charge in [0.25, 0.3) is 0 Å². The van der Waals surface area contributed by atoms with E-state index in [-0.39, 0.29) is 0 Å². The Bertz CT molecular complexity index is 617. The normalized spacial score (nSPS) is 13.3. The summed E-state index contributed by atoms with van der Waals surface area (Å²) < 4.78 is 1.08. The standard InChI is InChI=1S/C15H11BrClN/c16-13-3-1-11(2-4-13)15-14-8-10(9-17)7-12(14)5-6-18-15/h1-6,8H,7,9H2. The lowest BCUT2D eigenvalue weighted by Crippen LogP contribution is -1.91. The topological polar surface area (TPSA) is 12.9 Å². The van der Waals surface area contributed by atoms with Crippen LogP contribution in [0.15, 0.2) is 46.6 Å². The molecule has 90 valence electrons. The predicted octanol–water partition coefficient (Wildman–Crippen LogP) is 4.69. The van der Waals surface area contributed by atoms with Gasteiger partial charge in [0.15, 0.2) is 0 Å². The number of benzene rings is 1. The number of rotatable bonds is 2. The molecule has 0 spiro atoms. The molecule has 18 heavy (non-hydrogen) atoms. The number of hydrogen-bond donors (Lipinski definition) is 0. The van der Waals surface area contributed by atoms with Gasteiger partial charge < -0.3 is 0 Å². The van der Waals surface area contributed by atoms with Gasteiger partial charge in [0.1, 0.15) is 0 Å². The van der Waals surface area contributed by atoms with Crippen molar-refractivity contribution in [3.8, 4) is 11.3 Å². The van der Waals surface area contributed by atoms with Gasteiger partial charge in [0.2, 0.25) is 0 Å². The lowest BCUT2D eigenvalue weighted by Gasteiger charge is -2.06. The van der Waals surface area contributed by atoms with Crippen molar-refractivity contribution in [3.63, 3.8) is 0 Å². The third-order valence-electron chi connectivity index (χ3n) is 3.14. The van der Waals surface area contributed by atoms with Gasteiger partial charge in [-0.05, 0) is 30.2 Å². The molecule has 1 aliphatic carbocycles. The van der Waals surface area contributed by atoms with E-state index in [9.17, 15) is 0 Å². The summed E-state index contributed by atoms with van der Waals surface area (Å²) >= 11 is 9.37. The summed E-state index contributed by atoms with van der Waals surface area (Å²) in [5.74, 6) is 0.592. The monoisotopic (exact) mass is 319 g/mol. The zero-order valence-electron chi connectivity index (χ0n) is 9.66. The first-order chi connectivity index (χ1) is 8.78. The van der Waals surface area contributed by atoms with E-state index in [2.05, 4.69) is 45.2 Å². The fourth-order valence-corrected chi connectivity index (χ4v) is 2.69. The van der Waals surface area contributed by atoms with E-state index in [1.807, 2.05) is 18.3 Å². The zero-order chi connectivity index (χ0) is 12.5. The summed E-state index contributed by atoms with van der Waals surface area (Å²) in [6, 6.07) is 10.3. The van der Waals surface area contributed by atoms with E-state index in [1.165, 1.54) is 16.7 Å². The highest BCUT2D eigenvalue weighted by Crippen LogP contribution is 2.33. The number of alkyl halides is 1. The average molecular weight is 321 g/mol. The Morgan fingerprint density at radius 3 is 2.67 bits per heavy atom. The number of aromatic nitrogens is 1. The molecule has 0 saturated heterocycles. The molecule has 0 amide bonds. The van der Waals surface area contributed by atoms with Crippen LogP contribution in [0.5, 0.6) is 0 Å². The van der Waals surface area contributed by atoms with Crippen molar-refractivity contribution in [3.05, 3.63) is 57.7 Å². The van der Waals surface area contributed by atoms with Crippen LogP contribution < -0.4 is 0 Å². The number of hydrogen-bond acceptors (Lipinski definition) is 1. The predicted molar refractivity (Wildman–Crippen MR) is 79.8 cm³/mol. The van der Waals surface area contributed by atoms with Crippen LogP contribution in [0.1, 0.15) is 11.1 Å². The van der Waals surface area contributed by atoms with Crippen LogP contribution in [-0.2, 0) is 6.42 Å². The molecule has 0 N–H and O–H groups in total. The minimum absolute atomic E-state index is 0.592.